The maximum Gasteiger partial charge on any atom is 0.269 e. The number of non-ortho nitro benzene ring substituents is 1. The lowest BCUT2D eigenvalue weighted by molar-refractivity contribution is -0.384. The van der Waals surface area contributed by atoms with E-state index in [2.05, 4.69) is 27.0 Å². The highest BCUT2D eigenvalue weighted by Gasteiger charge is 2.30. The third-order valence-corrected chi connectivity index (χ3v) is 4.43. The van der Waals surface area contributed by atoms with Gasteiger partial charge in [-0.05, 0) is 49.0 Å². The summed E-state index contributed by atoms with van der Waals surface area (Å²) in [7, 11) is 0. The quantitative estimate of drug-likeness (QED) is 0.532. The summed E-state index contributed by atoms with van der Waals surface area (Å²) in [6.45, 7) is 4.45. The Morgan fingerprint density at radius 1 is 1.35 bits per heavy atom. The van der Waals surface area contributed by atoms with Crippen LogP contribution in [0.4, 0.5) is 5.69 Å². The zero-order valence-corrected chi connectivity index (χ0v) is 13.6. The Morgan fingerprint density at radius 3 is 2.74 bits per heavy atom. The van der Waals surface area contributed by atoms with E-state index in [9.17, 15) is 10.1 Å². The molecule has 0 spiro atoms. The topological polar surface area (TPSA) is 63.3 Å². The second kappa shape index (κ2) is 6.37. The molecular weight excluding hydrogens is 312 g/mol. The maximum atomic E-state index is 10.9. The van der Waals surface area contributed by atoms with Gasteiger partial charge in [-0.3, -0.25) is 10.1 Å². The number of rotatable bonds is 3. The summed E-state index contributed by atoms with van der Waals surface area (Å²) < 4.78 is 2.21. The molecular formula is C16H18N4O2S. The van der Waals surface area contributed by atoms with Gasteiger partial charge in [0.05, 0.1) is 11.0 Å². The molecule has 1 aliphatic heterocycles. The van der Waals surface area contributed by atoms with Gasteiger partial charge in [0.15, 0.2) is 5.11 Å². The van der Waals surface area contributed by atoms with Gasteiger partial charge < -0.3 is 14.8 Å². The number of thiocarbonyl (C=S) groups is 1. The predicted octanol–water partition coefficient (Wildman–Crippen LogP) is 2.70. The fourth-order valence-corrected chi connectivity index (χ4v) is 3.33. The summed E-state index contributed by atoms with van der Waals surface area (Å²) >= 11 is 5.52. The predicted molar refractivity (Wildman–Crippen MR) is 92.4 cm³/mol. The molecule has 3 rings (SSSR count). The largest absolute Gasteiger partial charge is 0.363 e. The van der Waals surface area contributed by atoms with Gasteiger partial charge in [0.1, 0.15) is 0 Å². The van der Waals surface area contributed by atoms with Crippen molar-refractivity contribution < 1.29 is 4.92 Å². The van der Waals surface area contributed by atoms with Crippen LogP contribution in [0.25, 0.3) is 0 Å². The molecule has 0 aliphatic carbocycles. The Labute approximate surface area is 139 Å². The van der Waals surface area contributed by atoms with E-state index < -0.39 is 0 Å². The smallest absolute Gasteiger partial charge is 0.269 e. The van der Waals surface area contributed by atoms with Gasteiger partial charge in [0.25, 0.3) is 5.69 Å². The van der Waals surface area contributed by atoms with E-state index in [1.54, 1.807) is 12.1 Å². The molecule has 1 aromatic heterocycles. The molecule has 2 heterocycles. The molecule has 6 nitrogen and oxygen atoms in total. The number of nitro benzene ring substituents is 1. The van der Waals surface area contributed by atoms with Crippen molar-refractivity contribution in [2.75, 3.05) is 13.1 Å². The minimum atomic E-state index is -0.381. The van der Waals surface area contributed by atoms with Crippen molar-refractivity contribution in [3.8, 4) is 0 Å². The van der Waals surface area contributed by atoms with Crippen LogP contribution in [0.5, 0.6) is 0 Å². The van der Waals surface area contributed by atoms with Crippen LogP contribution in [0.2, 0.25) is 0 Å². The fourth-order valence-electron chi connectivity index (χ4n) is 2.98. The normalized spacial score (nSPS) is 16.7. The SMILES string of the molecule is CCNC(=S)N1CCn2cccc2[C@H]1c1ccc([N+](=O)[O-])cc1. The summed E-state index contributed by atoms with van der Waals surface area (Å²) in [5, 5.41) is 14.8. The molecule has 1 N–H and O–H groups in total. The molecule has 1 aromatic carbocycles. The summed E-state index contributed by atoms with van der Waals surface area (Å²) in [6.07, 6.45) is 2.06. The molecule has 120 valence electrons. The molecule has 0 amide bonds. The van der Waals surface area contributed by atoms with Crippen LogP contribution >= 0.6 is 12.2 Å². The van der Waals surface area contributed by atoms with E-state index in [1.807, 2.05) is 25.1 Å². The molecule has 1 atom stereocenters. The summed E-state index contributed by atoms with van der Waals surface area (Å²) in [5.74, 6) is 0. The second-order valence-electron chi connectivity index (χ2n) is 5.41. The Bertz CT molecular complexity index is 726. The Balaban J connectivity index is 2.00. The minimum absolute atomic E-state index is 0.0360. The van der Waals surface area contributed by atoms with E-state index in [0.717, 1.165) is 30.9 Å². The summed E-state index contributed by atoms with van der Waals surface area (Å²) in [5.41, 5.74) is 2.24. The van der Waals surface area contributed by atoms with Crippen molar-refractivity contribution in [1.82, 2.24) is 14.8 Å². The van der Waals surface area contributed by atoms with Gasteiger partial charge in [0, 0.05) is 43.7 Å². The van der Waals surface area contributed by atoms with Crippen molar-refractivity contribution in [1.29, 1.82) is 0 Å². The van der Waals surface area contributed by atoms with Gasteiger partial charge in [-0.25, -0.2) is 0 Å². The zero-order chi connectivity index (χ0) is 16.4. The number of nitrogens with one attached hydrogen (secondary N) is 1. The summed E-state index contributed by atoms with van der Waals surface area (Å²) in [6, 6.07) is 10.8. The Morgan fingerprint density at radius 2 is 2.09 bits per heavy atom. The molecule has 0 saturated heterocycles. The van der Waals surface area contributed by atoms with Gasteiger partial charge in [-0.2, -0.15) is 0 Å². The highest BCUT2D eigenvalue weighted by Crippen LogP contribution is 2.33. The lowest BCUT2D eigenvalue weighted by atomic mass is 10.00. The first kappa shape index (κ1) is 15.5. The van der Waals surface area contributed by atoms with Crippen LogP contribution in [0, 0.1) is 10.1 Å². The number of hydrogen-bond acceptors (Lipinski definition) is 3. The average molecular weight is 330 g/mol. The first-order valence-corrected chi connectivity index (χ1v) is 7.96. The van der Waals surface area contributed by atoms with E-state index in [0.29, 0.717) is 5.11 Å². The zero-order valence-electron chi connectivity index (χ0n) is 12.8. The molecule has 0 saturated carbocycles. The van der Waals surface area contributed by atoms with Crippen molar-refractivity contribution in [2.45, 2.75) is 19.5 Å². The Hall–Kier alpha value is -2.41. The highest BCUT2D eigenvalue weighted by atomic mass is 32.1. The van der Waals surface area contributed by atoms with Crippen molar-refractivity contribution in [3.05, 3.63) is 64.0 Å². The number of aromatic nitrogens is 1. The van der Waals surface area contributed by atoms with E-state index in [4.69, 9.17) is 12.2 Å². The van der Waals surface area contributed by atoms with Crippen molar-refractivity contribution in [2.24, 2.45) is 0 Å². The van der Waals surface area contributed by atoms with Gasteiger partial charge >= 0.3 is 0 Å². The van der Waals surface area contributed by atoms with Crippen LogP contribution in [0.3, 0.4) is 0 Å². The molecule has 0 bridgehead atoms. The molecule has 0 fully saturated rings. The van der Waals surface area contributed by atoms with Crippen LogP contribution in [-0.4, -0.2) is 32.6 Å². The van der Waals surface area contributed by atoms with Crippen LogP contribution < -0.4 is 5.32 Å². The number of nitrogens with zero attached hydrogens (tertiary/aromatic N) is 3. The number of benzene rings is 1. The Kier molecular flexibility index (Phi) is 4.29. The molecule has 7 heteroatoms. The van der Waals surface area contributed by atoms with Crippen LogP contribution in [0.1, 0.15) is 24.2 Å². The standard InChI is InChI=1S/C16H18N4O2S/c1-2-17-16(23)19-11-10-18-9-3-4-14(18)15(19)12-5-7-13(8-6-12)20(21)22/h3-9,15H,2,10-11H2,1H3,(H,17,23)/t15-/m1/s1. The second-order valence-corrected chi connectivity index (χ2v) is 5.79. The van der Waals surface area contributed by atoms with E-state index in [-0.39, 0.29) is 16.7 Å². The summed E-state index contributed by atoms with van der Waals surface area (Å²) in [4.78, 5) is 12.6. The molecule has 23 heavy (non-hydrogen) atoms. The van der Waals surface area contributed by atoms with Gasteiger partial charge in [0.2, 0.25) is 0 Å². The van der Waals surface area contributed by atoms with Gasteiger partial charge in [-0.15, -0.1) is 0 Å². The minimum Gasteiger partial charge on any atom is -0.363 e. The highest BCUT2D eigenvalue weighted by molar-refractivity contribution is 7.80. The number of fused-ring (bicyclic) bond motifs is 1. The van der Waals surface area contributed by atoms with Gasteiger partial charge in [-0.1, -0.05) is 0 Å². The third-order valence-electron chi connectivity index (χ3n) is 4.05. The molecule has 2 aromatic rings. The lowest BCUT2D eigenvalue weighted by Gasteiger charge is -2.39. The number of nitro groups is 1. The molecule has 0 unspecified atom stereocenters. The first-order chi connectivity index (χ1) is 11.1. The fraction of sp³-hybridized carbons (Fsp3) is 0.312. The van der Waals surface area contributed by atoms with E-state index in [1.165, 1.54) is 0 Å². The monoisotopic (exact) mass is 330 g/mol. The molecule has 0 radical (unpaired) electrons. The number of hydrogen-bond donors (Lipinski definition) is 1. The average Bonchev–Trinajstić information content (AvgIpc) is 3.02. The maximum absolute atomic E-state index is 10.9. The van der Waals surface area contributed by atoms with Crippen molar-refractivity contribution in [3.63, 3.8) is 0 Å². The van der Waals surface area contributed by atoms with E-state index >= 15 is 0 Å². The third kappa shape index (κ3) is 2.92. The molecule has 1 aliphatic rings. The first-order valence-electron chi connectivity index (χ1n) is 7.55. The lowest BCUT2D eigenvalue weighted by Crippen LogP contribution is -2.47. The van der Waals surface area contributed by atoms with Crippen molar-refractivity contribution >= 4 is 23.0 Å². The van der Waals surface area contributed by atoms with Crippen LogP contribution in [-0.2, 0) is 6.54 Å². The van der Waals surface area contributed by atoms with Crippen LogP contribution in [0.15, 0.2) is 42.6 Å².